The summed E-state index contributed by atoms with van der Waals surface area (Å²) in [4.78, 5) is 2.14. The number of hydrogen-bond donors (Lipinski definition) is 1. The number of hydrogen-bond acceptors (Lipinski definition) is 4. The Labute approximate surface area is 149 Å². The van der Waals surface area contributed by atoms with Crippen LogP contribution in [-0.2, 0) is 18.4 Å². The number of aliphatic hydroxyl groups is 1. The van der Waals surface area contributed by atoms with Gasteiger partial charge in [-0.25, -0.2) is 0 Å². The average molecular weight is 376 g/mol. The summed E-state index contributed by atoms with van der Waals surface area (Å²) >= 11 is 15.9. The van der Waals surface area contributed by atoms with Gasteiger partial charge in [-0.05, 0) is 68.2 Å². The van der Waals surface area contributed by atoms with Gasteiger partial charge in [0, 0.05) is 11.1 Å². The second-order valence-electron chi connectivity index (χ2n) is 6.08. The minimum Gasteiger partial charge on any atom is -0.380 e. The molecular weight excluding hydrogens is 357 g/mol. The van der Waals surface area contributed by atoms with Crippen LogP contribution in [0, 0.1) is 0 Å². The Kier molecular flexibility index (Phi) is 4.89. The van der Waals surface area contributed by atoms with E-state index in [0.717, 1.165) is 46.8 Å². The quantitative estimate of drug-likeness (QED) is 0.829. The van der Waals surface area contributed by atoms with Crippen molar-refractivity contribution in [1.29, 1.82) is 0 Å². The molecule has 0 spiro atoms. The van der Waals surface area contributed by atoms with E-state index in [2.05, 4.69) is 15.7 Å². The molecule has 0 bridgehead atoms. The highest BCUT2D eigenvalue weighted by atomic mass is 35.5. The number of aryl methyl sites for hydroxylation is 1. The first-order chi connectivity index (χ1) is 10.4. The van der Waals surface area contributed by atoms with Crippen molar-refractivity contribution < 1.29 is 5.11 Å². The molecule has 0 amide bonds. The van der Waals surface area contributed by atoms with Crippen LogP contribution in [0.4, 0.5) is 0 Å². The molecule has 3 rings (SSSR count). The summed E-state index contributed by atoms with van der Waals surface area (Å²) in [6, 6.07) is 0. The van der Waals surface area contributed by atoms with Crippen molar-refractivity contribution in [3.8, 4) is 0 Å². The van der Waals surface area contributed by atoms with Gasteiger partial charge in [-0.3, -0.25) is 0 Å². The normalized spacial score (nSPS) is 20.8. The standard InChI is InChI=1S/C16H19Cl2NOS2/c1-19(2)7-3-6-16(20)12-9-21-8-10(12)4-5-11-13(16)15(18)22-14(11)17/h8-9,20H,3-7H2,1-2H3. The largest absolute Gasteiger partial charge is 0.380 e. The molecule has 1 atom stereocenters. The SMILES string of the molecule is CN(C)CCCC1(O)c2cscc2CCc2c(Cl)sc(Cl)c21. The Hall–Kier alpha value is -0.100. The highest BCUT2D eigenvalue weighted by molar-refractivity contribution is 7.20. The van der Waals surface area contributed by atoms with Crippen LogP contribution in [0.5, 0.6) is 0 Å². The molecule has 1 unspecified atom stereocenters. The van der Waals surface area contributed by atoms with Crippen molar-refractivity contribution in [3.05, 3.63) is 41.7 Å². The van der Waals surface area contributed by atoms with Crippen molar-refractivity contribution in [3.63, 3.8) is 0 Å². The third kappa shape index (κ3) is 2.85. The summed E-state index contributed by atoms with van der Waals surface area (Å²) in [5.41, 5.74) is 3.11. The zero-order valence-electron chi connectivity index (χ0n) is 12.7. The first-order valence-electron chi connectivity index (χ1n) is 7.33. The fraction of sp³-hybridized carbons (Fsp3) is 0.500. The second-order valence-corrected chi connectivity index (χ2v) is 9.05. The zero-order chi connectivity index (χ0) is 15.9. The maximum absolute atomic E-state index is 11.6. The van der Waals surface area contributed by atoms with Gasteiger partial charge in [0.15, 0.2) is 0 Å². The van der Waals surface area contributed by atoms with E-state index in [-0.39, 0.29) is 0 Å². The van der Waals surface area contributed by atoms with Gasteiger partial charge in [-0.15, -0.1) is 11.3 Å². The molecule has 0 radical (unpaired) electrons. The molecule has 0 saturated carbocycles. The van der Waals surface area contributed by atoms with Crippen LogP contribution < -0.4 is 0 Å². The van der Waals surface area contributed by atoms with Gasteiger partial charge in [-0.1, -0.05) is 23.2 Å². The zero-order valence-corrected chi connectivity index (χ0v) is 15.8. The summed E-state index contributed by atoms with van der Waals surface area (Å²) in [7, 11) is 4.10. The molecule has 6 heteroatoms. The third-order valence-electron chi connectivity index (χ3n) is 4.30. The van der Waals surface area contributed by atoms with Crippen LogP contribution in [0.2, 0.25) is 8.67 Å². The second kappa shape index (κ2) is 6.42. The number of fused-ring (bicyclic) bond motifs is 2. The van der Waals surface area contributed by atoms with Crippen molar-refractivity contribution in [2.45, 2.75) is 31.3 Å². The number of halogens is 2. The van der Waals surface area contributed by atoms with E-state index in [9.17, 15) is 5.11 Å². The van der Waals surface area contributed by atoms with Gasteiger partial charge in [0.2, 0.25) is 0 Å². The summed E-state index contributed by atoms with van der Waals surface area (Å²) in [5.74, 6) is 0. The number of nitrogens with zero attached hydrogens (tertiary/aromatic N) is 1. The highest BCUT2D eigenvalue weighted by Gasteiger charge is 2.41. The molecule has 0 fully saturated rings. The van der Waals surface area contributed by atoms with Gasteiger partial charge in [0.05, 0.1) is 4.34 Å². The van der Waals surface area contributed by atoms with Crippen molar-refractivity contribution in [1.82, 2.24) is 4.90 Å². The van der Waals surface area contributed by atoms with Crippen LogP contribution >= 0.6 is 45.9 Å². The molecule has 1 aliphatic carbocycles. The van der Waals surface area contributed by atoms with Crippen molar-refractivity contribution >= 4 is 45.9 Å². The highest BCUT2D eigenvalue weighted by Crippen LogP contribution is 2.50. The molecule has 2 nitrogen and oxygen atoms in total. The predicted molar refractivity (Wildman–Crippen MR) is 96.9 cm³/mol. The van der Waals surface area contributed by atoms with Crippen molar-refractivity contribution in [2.24, 2.45) is 0 Å². The number of rotatable bonds is 4. The Morgan fingerprint density at radius 2 is 2.00 bits per heavy atom. The van der Waals surface area contributed by atoms with E-state index in [0.29, 0.717) is 10.8 Å². The monoisotopic (exact) mass is 375 g/mol. The maximum atomic E-state index is 11.6. The van der Waals surface area contributed by atoms with Crippen LogP contribution in [0.3, 0.4) is 0 Å². The van der Waals surface area contributed by atoms with Gasteiger partial charge >= 0.3 is 0 Å². The summed E-state index contributed by atoms with van der Waals surface area (Å²) < 4.78 is 1.35. The molecule has 1 aliphatic rings. The van der Waals surface area contributed by atoms with E-state index < -0.39 is 5.60 Å². The molecule has 2 aromatic rings. The molecule has 0 aromatic carbocycles. The summed E-state index contributed by atoms with van der Waals surface area (Å²) in [6.45, 7) is 0.937. The first kappa shape index (κ1) is 16.7. The summed E-state index contributed by atoms with van der Waals surface area (Å²) in [6.07, 6.45) is 3.32. The molecule has 0 aliphatic heterocycles. The Bertz CT molecular complexity index is 680. The lowest BCUT2D eigenvalue weighted by molar-refractivity contribution is 0.0669. The summed E-state index contributed by atoms with van der Waals surface area (Å²) in [5, 5.41) is 15.8. The van der Waals surface area contributed by atoms with Crippen LogP contribution in [0.1, 0.15) is 35.1 Å². The molecule has 120 valence electrons. The van der Waals surface area contributed by atoms with E-state index in [4.69, 9.17) is 23.2 Å². The minimum absolute atomic E-state index is 0.631. The van der Waals surface area contributed by atoms with Crippen LogP contribution in [0.25, 0.3) is 0 Å². The van der Waals surface area contributed by atoms with Gasteiger partial charge in [0.1, 0.15) is 9.94 Å². The van der Waals surface area contributed by atoms with E-state index >= 15 is 0 Å². The van der Waals surface area contributed by atoms with Gasteiger partial charge in [-0.2, -0.15) is 11.3 Å². The third-order valence-corrected chi connectivity index (χ3v) is 6.79. The minimum atomic E-state index is -1.02. The molecular formula is C16H19Cl2NOS2. The molecule has 2 aromatic heterocycles. The first-order valence-corrected chi connectivity index (χ1v) is 9.85. The Morgan fingerprint density at radius 3 is 2.73 bits per heavy atom. The molecule has 22 heavy (non-hydrogen) atoms. The fourth-order valence-corrected chi connectivity index (χ4v) is 6.11. The van der Waals surface area contributed by atoms with E-state index in [1.807, 2.05) is 14.1 Å². The Morgan fingerprint density at radius 1 is 1.23 bits per heavy atom. The van der Waals surface area contributed by atoms with Crippen molar-refractivity contribution in [2.75, 3.05) is 20.6 Å². The van der Waals surface area contributed by atoms with Crippen LogP contribution in [0.15, 0.2) is 10.8 Å². The average Bonchev–Trinajstić information content (AvgIpc) is 2.98. The lowest BCUT2D eigenvalue weighted by Crippen LogP contribution is -2.29. The van der Waals surface area contributed by atoms with Gasteiger partial charge in [0.25, 0.3) is 0 Å². The van der Waals surface area contributed by atoms with E-state index in [1.165, 1.54) is 16.9 Å². The molecule has 0 saturated heterocycles. The maximum Gasteiger partial charge on any atom is 0.118 e. The fourth-order valence-electron chi connectivity index (χ4n) is 3.23. The van der Waals surface area contributed by atoms with E-state index in [1.54, 1.807) is 11.3 Å². The number of thiophene rings is 2. The lowest BCUT2D eigenvalue weighted by Gasteiger charge is -2.29. The molecule has 1 N–H and O–H groups in total. The predicted octanol–water partition coefficient (Wildman–Crippen LogP) is 4.79. The van der Waals surface area contributed by atoms with Gasteiger partial charge < -0.3 is 10.0 Å². The van der Waals surface area contributed by atoms with Crippen LogP contribution in [-0.4, -0.2) is 30.6 Å². The lowest BCUT2D eigenvalue weighted by atomic mass is 9.83. The smallest absolute Gasteiger partial charge is 0.118 e. The topological polar surface area (TPSA) is 23.5 Å². The molecule has 2 heterocycles. The Balaban J connectivity index is 2.07.